The first-order chi connectivity index (χ1) is 6.77. The van der Waals surface area contributed by atoms with Gasteiger partial charge in [0, 0.05) is 5.25 Å². The number of nitrogens with two attached hydrogens (primary N) is 1. The highest BCUT2D eigenvalue weighted by Crippen LogP contribution is 2.37. The zero-order valence-electron chi connectivity index (χ0n) is 7.74. The maximum atomic E-state index is 6.00. The zero-order valence-corrected chi connectivity index (χ0v) is 9.31. The molecule has 0 saturated heterocycles. The fourth-order valence-corrected chi connectivity index (χ4v) is 3.04. The van der Waals surface area contributed by atoms with E-state index < -0.39 is 0 Å². The molecule has 1 saturated carbocycles. The van der Waals surface area contributed by atoms with Crippen LogP contribution >= 0.6 is 23.4 Å². The summed E-state index contributed by atoms with van der Waals surface area (Å²) in [4.78, 5) is 7.98. The van der Waals surface area contributed by atoms with E-state index in [4.69, 9.17) is 17.3 Å². The minimum absolute atomic E-state index is 0.377. The average molecular weight is 230 g/mol. The van der Waals surface area contributed by atoms with Gasteiger partial charge in [-0.25, -0.2) is 9.97 Å². The highest BCUT2D eigenvalue weighted by Gasteiger charge is 2.18. The Morgan fingerprint density at radius 2 is 2.07 bits per heavy atom. The predicted octanol–water partition coefficient (Wildman–Crippen LogP) is 2.75. The fourth-order valence-electron chi connectivity index (χ4n) is 1.61. The van der Waals surface area contributed by atoms with Crippen molar-refractivity contribution in [1.82, 2.24) is 9.97 Å². The summed E-state index contributed by atoms with van der Waals surface area (Å²) in [5, 5.41) is 1.98. The molecule has 0 atom stereocenters. The maximum absolute atomic E-state index is 6.00. The smallest absolute Gasteiger partial charge is 0.146 e. The molecule has 1 aliphatic rings. The molecule has 0 spiro atoms. The molecule has 1 fully saturated rings. The van der Waals surface area contributed by atoms with Crippen molar-refractivity contribution in [2.75, 3.05) is 5.73 Å². The molecule has 1 heterocycles. The van der Waals surface area contributed by atoms with E-state index in [1.165, 1.54) is 32.0 Å². The number of thioether (sulfide) groups is 1. The van der Waals surface area contributed by atoms with Crippen LogP contribution in [0, 0.1) is 0 Å². The summed E-state index contributed by atoms with van der Waals surface area (Å²) in [5.41, 5.74) is 5.60. The molecule has 0 aliphatic heterocycles. The molecule has 0 aromatic carbocycles. The molecule has 14 heavy (non-hydrogen) atoms. The van der Waals surface area contributed by atoms with Crippen LogP contribution in [0.2, 0.25) is 5.02 Å². The number of anilines is 1. The summed E-state index contributed by atoms with van der Waals surface area (Å²) >= 11 is 7.73. The van der Waals surface area contributed by atoms with E-state index in [-0.39, 0.29) is 0 Å². The van der Waals surface area contributed by atoms with E-state index in [0.29, 0.717) is 16.1 Å². The van der Waals surface area contributed by atoms with Crippen LogP contribution in [0.25, 0.3) is 0 Å². The molecule has 3 nitrogen and oxygen atoms in total. The molecule has 1 aromatic rings. The van der Waals surface area contributed by atoms with Crippen LogP contribution in [0.15, 0.2) is 11.4 Å². The van der Waals surface area contributed by atoms with Gasteiger partial charge in [0.05, 0.1) is 0 Å². The van der Waals surface area contributed by atoms with Crippen molar-refractivity contribution in [3.05, 3.63) is 11.3 Å². The van der Waals surface area contributed by atoms with E-state index in [1.54, 1.807) is 11.8 Å². The number of hydrogen-bond donors (Lipinski definition) is 1. The highest BCUT2D eigenvalue weighted by atomic mass is 35.5. The second-order valence-electron chi connectivity index (χ2n) is 3.40. The Labute approximate surface area is 92.5 Å². The molecule has 0 amide bonds. The maximum Gasteiger partial charge on any atom is 0.146 e. The van der Waals surface area contributed by atoms with Gasteiger partial charge in [0.2, 0.25) is 0 Å². The summed E-state index contributed by atoms with van der Waals surface area (Å²) in [6, 6.07) is 0. The Morgan fingerprint density at radius 3 is 2.79 bits per heavy atom. The SMILES string of the molecule is Nc1ncnc(SC2CCCC2)c1Cl. The van der Waals surface area contributed by atoms with Gasteiger partial charge in [-0.3, -0.25) is 0 Å². The lowest BCUT2D eigenvalue weighted by atomic mass is 10.4. The second-order valence-corrected chi connectivity index (χ2v) is 5.07. The van der Waals surface area contributed by atoms with E-state index in [0.717, 1.165) is 5.03 Å². The fraction of sp³-hybridized carbons (Fsp3) is 0.556. The molecule has 76 valence electrons. The minimum atomic E-state index is 0.377. The average Bonchev–Trinajstić information content (AvgIpc) is 2.66. The molecule has 1 aliphatic carbocycles. The van der Waals surface area contributed by atoms with Gasteiger partial charge >= 0.3 is 0 Å². The van der Waals surface area contributed by atoms with Crippen LogP contribution < -0.4 is 5.73 Å². The number of nitrogens with zero attached hydrogens (tertiary/aromatic N) is 2. The molecular weight excluding hydrogens is 218 g/mol. The largest absolute Gasteiger partial charge is 0.382 e. The molecule has 0 radical (unpaired) electrons. The van der Waals surface area contributed by atoms with Crippen molar-refractivity contribution < 1.29 is 0 Å². The second kappa shape index (κ2) is 4.36. The Bertz CT molecular complexity index is 326. The predicted molar refractivity (Wildman–Crippen MR) is 59.6 cm³/mol. The monoisotopic (exact) mass is 229 g/mol. The number of aromatic nitrogens is 2. The molecule has 0 unspecified atom stereocenters. The first-order valence-electron chi connectivity index (χ1n) is 4.70. The minimum Gasteiger partial charge on any atom is -0.382 e. The Hall–Kier alpha value is -0.480. The topological polar surface area (TPSA) is 51.8 Å². The zero-order chi connectivity index (χ0) is 9.97. The van der Waals surface area contributed by atoms with Crippen LogP contribution in [0.4, 0.5) is 5.82 Å². The van der Waals surface area contributed by atoms with Gasteiger partial charge in [-0.1, -0.05) is 24.4 Å². The van der Waals surface area contributed by atoms with Crippen molar-refractivity contribution in [2.45, 2.75) is 36.0 Å². The summed E-state index contributed by atoms with van der Waals surface area (Å²) in [6.45, 7) is 0. The molecule has 0 bridgehead atoms. The van der Waals surface area contributed by atoms with Gasteiger partial charge in [0.1, 0.15) is 22.2 Å². The molecular formula is C9H12ClN3S. The van der Waals surface area contributed by atoms with E-state index in [2.05, 4.69) is 9.97 Å². The third-order valence-corrected chi connectivity index (χ3v) is 4.19. The lowest BCUT2D eigenvalue weighted by molar-refractivity contribution is 0.886. The standard InChI is InChI=1S/C9H12ClN3S/c10-7-8(11)12-5-13-9(7)14-6-3-1-2-4-6/h5-6H,1-4H2,(H2,11,12,13). The Kier molecular flexibility index (Phi) is 3.13. The number of halogens is 1. The van der Waals surface area contributed by atoms with Gasteiger partial charge in [-0.15, -0.1) is 11.8 Å². The Morgan fingerprint density at radius 1 is 1.36 bits per heavy atom. The van der Waals surface area contributed by atoms with Crippen LogP contribution in [-0.2, 0) is 0 Å². The summed E-state index contributed by atoms with van der Waals surface area (Å²) in [7, 11) is 0. The number of nitrogen functional groups attached to an aromatic ring is 1. The van der Waals surface area contributed by atoms with Gasteiger partial charge in [0.25, 0.3) is 0 Å². The summed E-state index contributed by atoms with van der Waals surface area (Å²) in [6.07, 6.45) is 6.61. The van der Waals surface area contributed by atoms with Gasteiger partial charge in [-0.05, 0) is 12.8 Å². The van der Waals surface area contributed by atoms with Crippen LogP contribution in [0.5, 0.6) is 0 Å². The highest BCUT2D eigenvalue weighted by molar-refractivity contribution is 8.00. The molecule has 2 N–H and O–H groups in total. The first-order valence-corrected chi connectivity index (χ1v) is 5.96. The quantitative estimate of drug-likeness (QED) is 0.793. The van der Waals surface area contributed by atoms with Crippen molar-refractivity contribution in [2.24, 2.45) is 0 Å². The molecule has 2 rings (SSSR count). The lowest BCUT2D eigenvalue weighted by Crippen LogP contribution is -1.99. The summed E-state index contributed by atoms with van der Waals surface area (Å²) in [5.74, 6) is 0.377. The van der Waals surface area contributed by atoms with E-state index in [1.807, 2.05) is 0 Å². The van der Waals surface area contributed by atoms with E-state index >= 15 is 0 Å². The Balaban J connectivity index is 2.11. The van der Waals surface area contributed by atoms with Crippen LogP contribution in [0.3, 0.4) is 0 Å². The first kappa shape index (κ1) is 10.1. The lowest BCUT2D eigenvalue weighted by Gasteiger charge is -2.09. The van der Waals surface area contributed by atoms with Gasteiger partial charge in [0.15, 0.2) is 0 Å². The molecule has 1 aromatic heterocycles. The van der Waals surface area contributed by atoms with Gasteiger partial charge < -0.3 is 5.73 Å². The van der Waals surface area contributed by atoms with Crippen molar-refractivity contribution in [3.63, 3.8) is 0 Å². The van der Waals surface area contributed by atoms with E-state index in [9.17, 15) is 0 Å². The normalized spacial score (nSPS) is 17.5. The third-order valence-electron chi connectivity index (χ3n) is 2.36. The van der Waals surface area contributed by atoms with Crippen molar-refractivity contribution >= 4 is 29.2 Å². The van der Waals surface area contributed by atoms with Crippen molar-refractivity contribution in [3.8, 4) is 0 Å². The molecule has 5 heteroatoms. The van der Waals surface area contributed by atoms with Gasteiger partial charge in [-0.2, -0.15) is 0 Å². The van der Waals surface area contributed by atoms with Crippen LogP contribution in [-0.4, -0.2) is 15.2 Å². The van der Waals surface area contributed by atoms with Crippen LogP contribution in [0.1, 0.15) is 25.7 Å². The third kappa shape index (κ3) is 2.12. The van der Waals surface area contributed by atoms with Crippen molar-refractivity contribution in [1.29, 1.82) is 0 Å². The number of rotatable bonds is 2. The number of hydrogen-bond acceptors (Lipinski definition) is 4. The summed E-state index contributed by atoms with van der Waals surface area (Å²) < 4.78 is 0.